The van der Waals surface area contributed by atoms with Crippen molar-refractivity contribution < 1.29 is 9.23 Å². The van der Waals surface area contributed by atoms with Crippen LogP contribution in [-0.4, -0.2) is 7.11 Å². The molecule has 1 N–H and O–H groups in total. The number of alkyl halides is 1. The van der Waals surface area contributed by atoms with Gasteiger partial charge in [0.25, 0.3) is 0 Å². The second-order valence-corrected chi connectivity index (χ2v) is 4.67. The SMILES string of the molecule is CONCc1ccc(C(C)(C)F)c(Br)c1. The van der Waals surface area contributed by atoms with Crippen molar-refractivity contribution in [1.82, 2.24) is 5.48 Å². The van der Waals surface area contributed by atoms with Gasteiger partial charge in [-0.1, -0.05) is 28.1 Å². The molecule has 0 bridgehead atoms. The van der Waals surface area contributed by atoms with Crippen molar-refractivity contribution in [3.8, 4) is 0 Å². The lowest BCUT2D eigenvalue weighted by Gasteiger charge is -2.17. The van der Waals surface area contributed by atoms with Crippen LogP contribution in [0.2, 0.25) is 0 Å². The van der Waals surface area contributed by atoms with Crippen LogP contribution in [0.4, 0.5) is 4.39 Å². The summed E-state index contributed by atoms with van der Waals surface area (Å²) in [6.07, 6.45) is 0. The molecule has 0 radical (unpaired) electrons. The molecule has 0 saturated heterocycles. The van der Waals surface area contributed by atoms with Crippen LogP contribution >= 0.6 is 15.9 Å². The molecule has 0 spiro atoms. The fraction of sp³-hybridized carbons (Fsp3) is 0.455. The van der Waals surface area contributed by atoms with Gasteiger partial charge in [0.2, 0.25) is 0 Å². The van der Waals surface area contributed by atoms with Crippen LogP contribution in [0.5, 0.6) is 0 Å². The van der Waals surface area contributed by atoms with Gasteiger partial charge < -0.3 is 4.84 Å². The maximum Gasteiger partial charge on any atom is 0.131 e. The second-order valence-electron chi connectivity index (χ2n) is 3.81. The van der Waals surface area contributed by atoms with Crippen LogP contribution in [0, 0.1) is 0 Å². The Morgan fingerprint density at radius 2 is 2.13 bits per heavy atom. The lowest BCUT2D eigenvalue weighted by molar-refractivity contribution is 0.0867. The number of halogens is 2. The van der Waals surface area contributed by atoms with E-state index in [1.54, 1.807) is 27.0 Å². The van der Waals surface area contributed by atoms with Crippen molar-refractivity contribution in [2.75, 3.05) is 7.11 Å². The Kier molecular flexibility index (Phi) is 4.25. The number of nitrogens with one attached hydrogen (secondary N) is 1. The summed E-state index contributed by atoms with van der Waals surface area (Å²) in [4.78, 5) is 4.74. The molecule has 1 aromatic rings. The highest BCUT2D eigenvalue weighted by Crippen LogP contribution is 2.31. The largest absolute Gasteiger partial charge is 0.305 e. The van der Waals surface area contributed by atoms with Gasteiger partial charge >= 0.3 is 0 Å². The molecule has 0 amide bonds. The highest BCUT2D eigenvalue weighted by Gasteiger charge is 2.21. The summed E-state index contributed by atoms with van der Waals surface area (Å²) in [5.74, 6) is 0. The number of hydrogen-bond acceptors (Lipinski definition) is 2. The number of hydrogen-bond donors (Lipinski definition) is 1. The molecule has 15 heavy (non-hydrogen) atoms. The van der Waals surface area contributed by atoms with Gasteiger partial charge in [-0.05, 0) is 25.5 Å². The highest BCUT2D eigenvalue weighted by atomic mass is 79.9. The Morgan fingerprint density at radius 3 is 2.60 bits per heavy atom. The summed E-state index contributed by atoms with van der Waals surface area (Å²) in [5.41, 5.74) is 3.10. The molecule has 4 heteroatoms. The minimum atomic E-state index is -1.33. The molecule has 0 saturated carbocycles. The molecule has 0 aliphatic rings. The standard InChI is InChI=1S/C11H15BrFNO/c1-11(2,13)9-5-4-8(6-10(9)12)7-14-15-3/h4-6,14H,7H2,1-3H3. The number of hydroxylamine groups is 1. The lowest BCUT2D eigenvalue weighted by atomic mass is 9.99. The van der Waals surface area contributed by atoms with Crippen LogP contribution in [0.3, 0.4) is 0 Å². The number of rotatable bonds is 4. The molecule has 0 aliphatic heterocycles. The maximum atomic E-state index is 13.7. The molecule has 1 aromatic carbocycles. The molecule has 0 fully saturated rings. The van der Waals surface area contributed by atoms with E-state index in [-0.39, 0.29) is 0 Å². The predicted octanol–water partition coefficient (Wildman–Crippen LogP) is 3.30. The van der Waals surface area contributed by atoms with Gasteiger partial charge in [0.05, 0.1) is 7.11 Å². The summed E-state index contributed by atoms with van der Waals surface area (Å²) < 4.78 is 14.5. The van der Waals surface area contributed by atoms with E-state index < -0.39 is 5.67 Å². The first-order valence-electron chi connectivity index (χ1n) is 4.69. The minimum Gasteiger partial charge on any atom is -0.305 e. The molecule has 1 rings (SSSR count). The van der Waals surface area contributed by atoms with Crippen molar-refractivity contribution in [3.63, 3.8) is 0 Å². The third-order valence-electron chi connectivity index (χ3n) is 2.09. The molecule has 2 nitrogen and oxygen atoms in total. The third kappa shape index (κ3) is 3.55. The van der Waals surface area contributed by atoms with Crippen LogP contribution in [0.15, 0.2) is 22.7 Å². The summed E-state index contributed by atoms with van der Waals surface area (Å²) in [6, 6.07) is 5.56. The van der Waals surface area contributed by atoms with E-state index in [1.165, 1.54) is 0 Å². The normalized spacial score (nSPS) is 11.8. The van der Waals surface area contributed by atoms with Gasteiger partial charge in [-0.15, -0.1) is 0 Å². The van der Waals surface area contributed by atoms with Gasteiger partial charge in [-0.3, -0.25) is 0 Å². The van der Waals surface area contributed by atoms with Gasteiger partial charge in [-0.25, -0.2) is 4.39 Å². The second kappa shape index (κ2) is 5.05. The Bertz CT molecular complexity index is 336. The Hall–Kier alpha value is -0.450. The molecule has 0 atom stereocenters. The summed E-state index contributed by atoms with van der Waals surface area (Å²) >= 11 is 3.37. The van der Waals surface area contributed by atoms with Crippen molar-refractivity contribution in [3.05, 3.63) is 33.8 Å². The Balaban J connectivity index is 2.89. The summed E-state index contributed by atoms with van der Waals surface area (Å²) in [5, 5.41) is 0. The molecular formula is C11H15BrFNO. The van der Waals surface area contributed by atoms with E-state index in [9.17, 15) is 4.39 Å². The van der Waals surface area contributed by atoms with Crippen LogP contribution < -0.4 is 5.48 Å². The molecule has 0 aliphatic carbocycles. The van der Waals surface area contributed by atoms with Crippen molar-refractivity contribution >= 4 is 15.9 Å². The zero-order valence-corrected chi connectivity index (χ0v) is 10.7. The van der Waals surface area contributed by atoms with E-state index in [0.29, 0.717) is 12.1 Å². The molecular weight excluding hydrogens is 261 g/mol. The molecule has 84 valence electrons. The van der Waals surface area contributed by atoms with E-state index in [0.717, 1.165) is 10.0 Å². The molecule has 0 heterocycles. The minimum absolute atomic E-state index is 0.599. The predicted molar refractivity (Wildman–Crippen MR) is 62.1 cm³/mol. The highest BCUT2D eigenvalue weighted by molar-refractivity contribution is 9.10. The average molecular weight is 276 g/mol. The van der Waals surface area contributed by atoms with E-state index in [1.807, 2.05) is 12.1 Å². The lowest BCUT2D eigenvalue weighted by Crippen LogP contribution is -2.13. The first-order chi connectivity index (χ1) is 6.95. The first kappa shape index (κ1) is 12.6. The van der Waals surface area contributed by atoms with Crippen molar-refractivity contribution in [2.45, 2.75) is 26.1 Å². The zero-order valence-electron chi connectivity index (χ0n) is 9.10. The van der Waals surface area contributed by atoms with Crippen LogP contribution in [-0.2, 0) is 17.1 Å². The third-order valence-corrected chi connectivity index (χ3v) is 2.75. The molecule has 0 unspecified atom stereocenters. The fourth-order valence-electron chi connectivity index (χ4n) is 1.31. The van der Waals surface area contributed by atoms with Gasteiger partial charge in [0, 0.05) is 16.6 Å². The topological polar surface area (TPSA) is 21.3 Å². The van der Waals surface area contributed by atoms with E-state index >= 15 is 0 Å². The average Bonchev–Trinajstić information content (AvgIpc) is 2.12. The van der Waals surface area contributed by atoms with Gasteiger partial charge in [0.15, 0.2) is 0 Å². The first-order valence-corrected chi connectivity index (χ1v) is 5.48. The fourth-order valence-corrected chi connectivity index (χ4v) is 2.20. The smallest absolute Gasteiger partial charge is 0.131 e. The molecule has 0 aromatic heterocycles. The Labute approximate surface area is 97.9 Å². The Morgan fingerprint density at radius 1 is 1.47 bits per heavy atom. The van der Waals surface area contributed by atoms with E-state index in [2.05, 4.69) is 21.4 Å². The van der Waals surface area contributed by atoms with Crippen molar-refractivity contribution in [1.29, 1.82) is 0 Å². The zero-order chi connectivity index (χ0) is 11.5. The summed E-state index contributed by atoms with van der Waals surface area (Å²) in [6.45, 7) is 3.68. The summed E-state index contributed by atoms with van der Waals surface area (Å²) in [7, 11) is 1.56. The van der Waals surface area contributed by atoms with Gasteiger partial charge in [-0.2, -0.15) is 5.48 Å². The maximum absolute atomic E-state index is 13.7. The quantitative estimate of drug-likeness (QED) is 0.852. The monoisotopic (exact) mass is 275 g/mol. The number of benzene rings is 1. The van der Waals surface area contributed by atoms with E-state index in [4.69, 9.17) is 4.84 Å². The van der Waals surface area contributed by atoms with Crippen molar-refractivity contribution in [2.24, 2.45) is 0 Å². The van der Waals surface area contributed by atoms with Gasteiger partial charge in [0.1, 0.15) is 5.67 Å². The van der Waals surface area contributed by atoms with Crippen LogP contribution in [0.1, 0.15) is 25.0 Å². The van der Waals surface area contributed by atoms with Crippen LogP contribution in [0.25, 0.3) is 0 Å².